The number of hydrogen-bond acceptors (Lipinski definition) is 9. The van der Waals surface area contributed by atoms with Gasteiger partial charge in [0.05, 0.1) is 0 Å². The molecule has 0 fully saturated rings. The van der Waals surface area contributed by atoms with Crippen molar-refractivity contribution in [2.75, 3.05) is 43.9 Å². The fraction of sp³-hybridized carbons (Fsp3) is 0.887. The van der Waals surface area contributed by atoms with Gasteiger partial charge in [-0.1, -0.05) is 169 Å². The van der Waals surface area contributed by atoms with Crippen LogP contribution in [0.1, 0.15) is 259 Å². The number of carbonyl (C=O) groups is 2. The first-order valence-corrected chi connectivity index (χ1v) is 26.7. The van der Waals surface area contributed by atoms with Crippen LogP contribution in [-0.2, 0) is 19.1 Å². The summed E-state index contributed by atoms with van der Waals surface area (Å²) in [6, 6.07) is 0. The van der Waals surface area contributed by atoms with E-state index >= 15 is 0 Å². The molecule has 362 valence electrons. The molecule has 0 bridgehead atoms. The van der Waals surface area contributed by atoms with Crippen LogP contribution in [0.25, 0.3) is 0 Å². The molecular formula is C53H99N3O6. The standard InChI is InChI=1S/C53H99N3O6/c1-6-10-13-16-21-28-37-46(36-9-4)61-48(57)40-31-24-19-26-33-43-56(45-35-42-55-51-50(54-5)52(59)53(51)60)44-34-27-20-25-32-41-49(58)62-47(38-29-22-17-14-11-7-2)39-30-23-18-15-12-8-3/h46-47,54-55H,6-45H2,1-5H3. The Kier molecular flexibility index (Phi) is 38.4. The van der Waals surface area contributed by atoms with E-state index in [2.05, 4.69) is 43.2 Å². The highest BCUT2D eigenvalue weighted by Gasteiger charge is 2.19. The van der Waals surface area contributed by atoms with Crippen molar-refractivity contribution >= 4 is 23.3 Å². The van der Waals surface area contributed by atoms with Gasteiger partial charge >= 0.3 is 11.9 Å². The van der Waals surface area contributed by atoms with Crippen molar-refractivity contribution < 1.29 is 19.1 Å². The van der Waals surface area contributed by atoms with Crippen molar-refractivity contribution in [1.82, 2.24) is 4.90 Å². The van der Waals surface area contributed by atoms with Crippen LogP contribution in [0, 0.1) is 0 Å². The lowest BCUT2D eigenvalue weighted by Gasteiger charge is -2.23. The third-order valence-electron chi connectivity index (χ3n) is 12.7. The minimum atomic E-state index is -0.439. The Bertz CT molecular complexity index is 1250. The van der Waals surface area contributed by atoms with E-state index in [1.165, 1.54) is 96.3 Å². The maximum absolute atomic E-state index is 12.9. The van der Waals surface area contributed by atoms with E-state index in [0.717, 1.165) is 142 Å². The van der Waals surface area contributed by atoms with Gasteiger partial charge in [0.15, 0.2) is 0 Å². The largest absolute Gasteiger partial charge is 0.462 e. The molecule has 1 atom stereocenters. The molecule has 62 heavy (non-hydrogen) atoms. The van der Waals surface area contributed by atoms with Crippen LogP contribution in [-0.4, -0.2) is 62.3 Å². The quantitative estimate of drug-likeness (QED) is 0.0375. The highest BCUT2D eigenvalue weighted by Crippen LogP contribution is 2.20. The summed E-state index contributed by atoms with van der Waals surface area (Å²) in [5.41, 5.74) is -0.0567. The molecule has 0 heterocycles. The molecule has 1 rings (SSSR count). The summed E-state index contributed by atoms with van der Waals surface area (Å²) in [5.74, 6) is -0.0253. The zero-order valence-electron chi connectivity index (χ0n) is 41.3. The van der Waals surface area contributed by atoms with Crippen LogP contribution in [0.4, 0.5) is 11.4 Å². The minimum Gasteiger partial charge on any atom is -0.462 e. The van der Waals surface area contributed by atoms with Crippen LogP contribution >= 0.6 is 0 Å². The molecule has 0 saturated carbocycles. The van der Waals surface area contributed by atoms with Gasteiger partial charge in [-0.25, -0.2) is 0 Å². The Balaban J connectivity index is 2.43. The molecule has 0 aliphatic carbocycles. The van der Waals surface area contributed by atoms with Crippen LogP contribution in [0.2, 0.25) is 0 Å². The summed E-state index contributed by atoms with van der Waals surface area (Å²) < 4.78 is 12.0. The van der Waals surface area contributed by atoms with Crippen molar-refractivity contribution in [3.8, 4) is 0 Å². The summed E-state index contributed by atoms with van der Waals surface area (Å²) in [6.07, 6.45) is 40.7. The number of carbonyl (C=O) groups excluding carboxylic acids is 2. The zero-order chi connectivity index (χ0) is 45.3. The van der Waals surface area contributed by atoms with E-state index in [0.29, 0.717) is 30.8 Å². The molecule has 0 saturated heterocycles. The van der Waals surface area contributed by atoms with Crippen molar-refractivity contribution in [2.24, 2.45) is 0 Å². The number of rotatable bonds is 47. The van der Waals surface area contributed by atoms with Gasteiger partial charge in [0.25, 0.3) is 10.9 Å². The molecule has 0 radical (unpaired) electrons. The second kappa shape index (κ2) is 41.3. The lowest BCUT2D eigenvalue weighted by Crippen LogP contribution is -2.37. The smallest absolute Gasteiger partial charge is 0.306 e. The zero-order valence-corrected chi connectivity index (χ0v) is 41.3. The summed E-state index contributed by atoms with van der Waals surface area (Å²) in [7, 11) is 1.67. The summed E-state index contributed by atoms with van der Waals surface area (Å²) in [6.45, 7) is 12.6. The second-order valence-electron chi connectivity index (χ2n) is 18.5. The molecule has 1 unspecified atom stereocenters. The van der Waals surface area contributed by atoms with E-state index < -0.39 is 10.9 Å². The van der Waals surface area contributed by atoms with Crippen molar-refractivity contribution in [2.45, 2.75) is 271 Å². The van der Waals surface area contributed by atoms with E-state index in [9.17, 15) is 19.2 Å². The maximum Gasteiger partial charge on any atom is 0.306 e. The molecule has 9 nitrogen and oxygen atoms in total. The molecule has 0 aromatic heterocycles. The molecule has 1 aromatic carbocycles. The van der Waals surface area contributed by atoms with Gasteiger partial charge in [0.2, 0.25) is 0 Å². The molecule has 0 amide bonds. The Morgan fingerprint density at radius 3 is 1.21 bits per heavy atom. The van der Waals surface area contributed by atoms with E-state index in [-0.39, 0.29) is 24.1 Å². The molecule has 1 aromatic rings. The number of esters is 2. The first-order valence-electron chi connectivity index (χ1n) is 26.7. The summed E-state index contributed by atoms with van der Waals surface area (Å²) >= 11 is 0. The maximum atomic E-state index is 12.9. The number of nitrogens with one attached hydrogen (secondary N) is 2. The van der Waals surface area contributed by atoms with Gasteiger partial charge in [-0.3, -0.25) is 19.2 Å². The van der Waals surface area contributed by atoms with E-state index in [1.807, 2.05) is 0 Å². The van der Waals surface area contributed by atoms with Gasteiger partial charge in [0.1, 0.15) is 23.6 Å². The number of unbranched alkanes of at least 4 members (excludes halogenated alkanes) is 23. The van der Waals surface area contributed by atoms with Crippen LogP contribution < -0.4 is 21.5 Å². The van der Waals surface area contributed by atoms with Crippen molar-refractivity contribution in [1.29, 1.82) is 0 Å². The van der Waals surface area contributed by atoms with Crippen LogP contribution in [0.5, 0.6) is 0 Å². The Morgan fingerprint density at radius 1 is 0.435 bits per heavy atom. The van der Waals surface area contributed by atoms with E-state index in [1.54, 1.807) is 7.05 Å². The number of hydrogen-bond donors (Lipinski definition) is 2. The average molecular weight is 874 g/mol. The average Bonchev–Trinajstić information content (AvgIpc) is 3.26. The Hall–Kier alpha value is -2.42. The first kappa shape index (κ1) is 57.6. The highest BCUT2D eigenvalue weighted by atomic mass is 16.5. The number of nitrogens with zero attached hydrogens (tertiary/aromatic N) is 1. The van der Waals surface area contributed by atoms with Crippen molar-refractivity contribution in [3.63, 3.8) is 0 Å². The highest BCUT2D eigenvalue weighted by molar-refractivity contribution is 5.73. The normalized spacial score (nSPS) is 12.1. The fourth-order valence-corrected chi connectivity index (χ4v) is 8.71. The molecule has 9 heteroatoms. The van der Waals surface area contributed by atoms with Gasteiger partial charge < -0.3 is 25.0 Å². The van der Waals surface area contributed by atoms with Gasteiger partial charge in [-0.15, -0.1) is 0 Å². The van der Waals surface area contributed by atoms with Gasteiger partial charge in [0, 0.05) is 26.4 Å². The molecule has 0 spiro atoms. The summed E-state index contributed by atoms with van der Waals surface area (Å²) in [5, 5.41) is 6.03. The Labute approximate surface area is 381 Å². The topological polar surface area (TPSA) is 114 Å². The monoisotopic (exact) mass is 874 g/mol. The lowest BCUT2D eigenvalue weighted by molar-refractivity contribution is -0.151. The first-order chi connectivity index (χ1) is 30.3. The third-order valence-corrected chi connectivity index (χ3v) is 12.7. The number of anilines is 2. The second-order valence-corrected chi connectivity index (χ2v) is 18.5. The molecule has 2 N–H and O–H groups in total. The van der Waals surface area contributed by atoms with E-state index in [4.69, 9.17) is 9.47 Å². The minimum absolute atomic E-state index is 0.00309. The molecule has 0 aliphatic heterocycles. The van der Waals surface area contributed by atoms with Crippen LogP contribution in [0.3, 0.4) is 0 Å². The predicted molar refractivity (Wildman–Crippen MR) is 264 cm³/mol. The summed E-state index contributed by atoms with van der Waals surface area (Å²) in [4.78, 5) is 51.8. The lowest BCUT2D eigenvalue weighted by atomic mass is 10.0. The third kappa shape index (κ3) is 30.6. The van der Waals surface area contributed by atoms with Gasteiger partial charge in [-0.05, 0) is 96.7 Å². The molecular weight excluding hydrogens is 775 g/mol. The van der Waals surface area contributed by atoms with Gasteiger partial charge in [-0.2, -0.15) is 0 Å². The fourth-order valence-electron chi connectivity index (χ4n) is 8.71. The van der Waals surface area contributed by atoms with Crippen LogP contribution in [0.15, 0.2) is 9.59 Å². The predicted octanol–water partition coefficient (Wildman–Crippen LogP) is 14.0. The number of ether oxygens (including phenoxy) is 2. The van der Waals surface area contributed by atoms with Crippen molar-refractivity contribution in [3.05, 3.63) is 20.4 Å². The Morgan fingerprint density at radius 2 is 0.790 bits per heavy atom. The molecule has 0 aliphatic rings. The SMILES string of the molecule is CCCCCCCCC(CCC)OC(=O)CCCCCCCN(CCCCCCCC(=O)OC(CCCCCCCC)CCCCCCCC)CCCNc1c(NC)c(=O)c1=O.